The number of likely N-dealkylation sites (tertiary alicyclic amines) is 1. The quantitative estimate of drug-likeness (QED) is 0.664. The first-order valence-electron chi connectivity index (χ1n) is 11.9. The van der Waals surface area contributed by atoms with Gasteiger partial charge < -0.3 is 15.1 Å². The SMILES string of the molecule is C[C@H]1CCCCN1CCCNC(=O)C1CCN(c2ncc(-c3ccc(F)cc3)cn2)CC1. The van der Waals surface area contributed by atoms with E-state index in [2.05, 4.69) is 32.0 Å². The molecule has 0 bridgehead atoms. The Bertz CT molecular complexity index is 865. The number of aromatic nitrogens is 2. The Kier molecular flexibility index (Phi) is 7.68. The summed E-state index contributed by atoms with van der Waals surface area (Å²) in [6.45, 7) is 6.89. The van der Waals surface area contributed by atoms with Crippen LogP contribution in [0.15, 0.2) is 36.7 Å². The minimum atomic E-state index is -0.255. The molecule has 1 aromatic carbocycles. The largest absolute Gasteiger partial charge is 0.356 e. The Labute approximate surface area is 190 Å². The summed E-state index contributed by atoms with van der Waals surface area (Å²) in [5.41, 5.74) is 1.75. The van der Waals surface area contributed by atoms with Gasteiger partial charge in [0.05, 0.1) is 0 Å². The number of anilines is 1. The van der Waals surface area contributed by atoms with E-state index in [9.17, 15) is 9.18 Å². The lowest BCUT2D eigenvalue weighted by Gasteiger charge is -2.33. The Morgan fingerprint density at radius 2 is 1.75 bits per heavy atom. The van der Waals surface area contributed by atoms with Gasteiger partial charge in [-0.2, -0.15) is 0 Å². The Morgan fingerprint density at radius 3 is 2.44 bits per heavy atom. The number of nitrogens with zero attached hydrogens (tertiary/aromatic N) is 4. The molecule has 172 valence electrons. The van der Waals surface area contributed by atoms with Crippen LogP contribution in [0.4, 0.5) is 10.3 Å². The van der Waals surface area contributed by atoms with E-state index >= 15 is 0 Å². The zero-order valence-corrected chi connectivity index (χ0v) is 19.0. The molecule has 32 heavy (non-hydrogen) atoms. The number of benzene rings is 1. The Balaban J connectivity index is 1.19. The van der Waals surface area contributed by atoms with Crippen LogP contribution in [0.3, 0.4) is 0 Å². The lowest BCUT2D eigenvalue weighted by molar-refractivity contribution is -0.125. The van der Waals surface area contributed by atoms with E-state index in [-0.39, 0.29) is 17.6 Å². The minimum Gasteiger partial charge on any atom is -0.356 e. The highest BCUT2D eigenvalue weighted by molar-refractivity contribution is 5.78. The number of piperidine rings is 2. The van der Waals surface area contributed by atoms with Crippen LogP contribution in [0.2, 0.25) is 0 Å². The Morgan fingerprint density at radius 1 is 1.03 bits per heavy atom. The first-order valence-corrected chi connectivity index (χ1v) is 11.9. The topological polar surface area (TPSA) is 61.4 Å². The van der Waals surface area contributed by atoms with Crippen molar-refractivity contribution in [3.8, 4) is 11.1 Å². The zero-order valence-electron chi connectivity index (χ0n) is 19.0. The summed E-state index contributed by atoms with van der Waals surface area (Å²) in [4.78, 5) is 26.3. The molecular formula is C25H34FN5O. The van der Waals surface area contributed by atoms with Gasteiger partial charge in [-0.3, -0.25) is 4.79 Å². The predicted molar refractivity (Wildman–Crippen MR) is 125 cm³/mol. The monoisotopic (exact) mass is 439 g/mol. The summed E-state index contributed by atoms with van der Waals surface area (Å²) in [6, 6.07) is 7.01. The lowest BCUT2D eigenvalue weighted by atomic mass is 9.96. The maximum Gasteiger partial charge on any atom is 0.225 e. The first kappa shape index (κ1) is 22.6. The highest BCUT2D eigenvalue weighted by atomic mass is 19.1. The molecule has 1 atom stereocenters. The van der Waals surface area contributed by atoms with Crippen LogP contribution in [0.5, 0.6) is 0 Å². The fourth-order valence-corrected chi connectivity index (χ4v) is 4.75. The standard InChI is InChI=1S/C25H34FN5O/c1-19-5-2-3-13-30(19)14-4-12-27-24(32)21-10-15-31(16-11-21)25-28-17-22(18-29-25)20-6-8-23(26)9-7-20/h6-9,17-19,21H,2-5,10-16H2,1H3,(H,27,32)/t19-/m0/s1. The molecule has 1 amide bonds. The summed E-state index contributed by atoms with van der Waals surface area (Å²) in [5, 5.41) is 3.15. The number of nitrogens with one attached hydrogen (secondary N) is 1. The number of carbonyl (C=O) groups excluding carboxylic acids is 1. The minimum absolute atomic E-state index is 0.0682. The summed E-state index contributed by atoms with van der Waals surface area (Å²) >= 11 is 0. The van der Waals surface area contributed by atoms with Crippen molar-refractivity contribution < 1.29 is 9.18 Å². The van der Waals surface area contributed by atoms with Crippen LogP contribution in [0.1, 0.15) is 45.4 Å². The van der Waals surface area contributed by atoms with Crippen molar-refractivity contribution in [3.63, 3.8) is 0 Å². The summed E-state index contributed by atoms with van der Waals surface area (Å²) in [6.07, 6.45) is 10.1. The van der Waals surface area contributed by atoms with E-state index in [0.717, 1.165) is 56.6 Å². The van der Waals surface area contributed by atoms with Gasteiger partial charge in [0.1, 0.15) is 5.82 Å². The highest BCUT2D eigenvalue weighted by Gasteiger charge is 2.26. The Hall–Kier alpha value is -2.54. The van der Waals surface area contributed by atoms with E-state index in [4.69, 9.17) is 0 Å². The van der Waals surface area contributed by atoms with Gasteiger partial charge in [0.25, 0.3) is 0 Å². The molecule has 2 aliphatic rings. The van der Waals surface area contributed by atoms with E-state index in [1.54, 1.807) is 24.5 Å². The summed E-state index contributed by atoms with van der Waals surface area (Å²) in [5.74, 6) is 0.683. The number of hydrogen-bond donors (Lipinski definition) is 1. The fraction of sp³-hybridized carbons (Fsp3) is 0.560. The molecule has 0 radical (unpaired) electrons. The summed E-state index contributed by atoms with van der Waals surface area (Å²) < 4.78 is 13.1. The molecule has 0 saturated carbocycles. The van der Waals surface area contributed by atoms with Gasteiger partial charge in [0.15, 0.2) is 0 Å². The number of hydrogen-bond acceptors (Lipinski definition) is 5. The molecule has 0 spiro atoms. The van der Waals surface area contributed by atoms with Crippen LogP contribution in [0, 0.1) is 11.7 Å². The van der Waals surface area contributed by atoms with E-state index in [1.807, 2.05) is 0 Å². The van der Waals surface area contributed by atoms with Gasteiger partial charge in [0, 0.05) is 56.1 Å². The van der Waals surface area contributed by atoms with Crippen molar-refractivity contribution in [1.29, 1.82) is 0 Å². The molecule has 2 saturated heterocycles. The predicted octanol–water partition coefficient (Wildman–Crippen LogP) is 3.88. The zero-order chi connectivity index (χ0) is 22.3. The van der Waals surface area contributed by atoms with Crippen molar-refractivity contribution in [2.24, 2.45) is 5.92 Å². The number of halogens is 1. The van der Waals surface area contributed by atoms with Crippen LogP contribution in [-0.2, 0) is 4.79 Å². The van der Waals surface area contributed by atoms with Gasteiger partial charge in [-0.05, 0) is 63.3 Å². The van der Waals surface area contributed by atoms with Crippen LogP contribution >= 0.6 is 0 Å². The van der Waals surface area contributed by atoms with Crippen LogP contribution in [-0.4, -0.2) is 59.5 Å². The van der Waals surface area contributed by atoms with E-state index in [1.165, 1.54) is 37.9 Å². The van der Waals surface area contributed by atoms with E-state index < -0.39 is 0 Å². The maximum absolute atomic E-state index is 13.1. The van der Waals surface area contributed by atoms with E-state index in [0.29, 0.717) is 12.0 Å². The molecule has 6 nitrogen and oxygen atoms in total. The van der Waals surface area contributed by atoms with Gasteiger partial charge in [-0.25, -0.2) is 14.4 Å². The molecule has 1 aromatic heterocycles. The van der Waals surface area contributed by atoms with Gasteiger partial charge in [-0.1, -0.05) is 18.6 Å². The lowest BCUT2D eigenvalue weighted by Crippen LogP contribution is -2.42. The number of carbonyl (C=O) groups is 1. The van der Waals surface area contributed by atoms with Crippen LogP contribution in [0.25, 0.3) is 11.1 Å². The highest BCUT2D eigenvalue weighted by Crippen LogP contribution is 2.23. The second kappa shape index (κ2) is 10.9. The fourth-order valence-electron chi connectivity index (χ4n) is 4.75. The molecule has 1 N–H and O–H groups in total. The van der Waals surface area contributed by atoms with Crippen molar-refractivity contribution in [2.45, 2.75) is 51.5 Å². The molecule has 0 unspecified atom stereocenters. The molecule has 2 aromatic rings. The molecule has 7 heteroatoms. The third-order valence-electron chi connectivity index (χ3n) is 6.83. The van der Waals surface area contributed by atoms with Crippen molar-refractivity contribution in [2.75, 3.05) is 37.6 Å². The molecular weight excluding hydrogens is 405 g/mol. The van der Waals surface area contributed by atoms with Gasteiger partial charge in [-0.15, -0.1) is 0 Å². The molecule has 2 fully saturated rings. The second-order valence-electron chi connectivity index (χ2n) is 9.07. The third-order valence-corrected chi connectivity index (χ3v) is 6.83. The first-order chi connectivity index (χ1) is 15.6. The smallest absolute Gasteiger partial charge is 0.225 e. The maximum atomic E-state index is 13.1. The number of amides is 1. The second-order valence-corrected chi connectivity index (χ2v) is 9.07. The van der Waals surface area contributed by atoms with Gasteiger partial charge in [0.2, 0.25) is 11.9 Å². The molecule has 2 aliphatic heterocycles. The normalized spacial score (nSPS) is 20.3. The average Bonchev–Trinajstić information content (AvgIpc) is 2.83. The average molecular weight is 440 g/mol. The molecule has 3 heterocycles. The van der Waals surface area contributed by atoms with Crippen molar-refractivity contribution in [1.82, 2.24) is 20.2 Å². The van der Waals surface area contributed by atoms with Crippen LogP contribution < -0.4 is 10.2 Å². The molecule has 4 rings (SSSR count). The molecule has 0 aliphatic carbocycles. The van der Waals surface area contributed by atoms with Crippen molar-refractivity contribution >= 4 is 11.9 Å². The van der Waals surface area contributed by atoms with Gasteiger partial charge >= 0.3 is 0 Å². The summed E-state index contributed by atoms with van der Waals surface area (Å²) in [7, 11) is 0. The number of rotatable bonds is 7. The third kappa shape index (κ3) is 5.82. The van der Waals surface area contributed by atoms with Crippen molar-refractivity contribution in [3.05, 3.63) is 42.5 Å².